The van der Waals surface area contributed by atoms with Gasteiger partial charge in [0.2, 0.25) is 0 Å². The van der Waals surface area contributed by atoms with E-state index in [-0.39, 0.29) is 0 Å². The van der Waals surface area contributed by atoms with Crippen molar-refractivity contribution in [3.05, 3.63) is 53.0 Å². The molecule has 138 valence electrons. The van der Waals surface area contributed by atoms with Crippen molar-refractivity contribution < 1.29 is 5.11 Å². The molecule has 1 unspecified atom stereocenters. The molecule has 4 rings (SSSR count). The quantitative estimate of drug-likeness (QED) is 0.483. The maximum atomic E-state index is 10.3. The number of nitrogens with one attached hydrogen (secondary N) is 1. The fourth-order valence-corrected chi connectivity index (χ4v) is 4.43. The van der Waals surface area contributed by atoms with E-state index >= 15 is 0 Å². The molecule has 4 aromatic rings. The molecule has 7 nitrogen and oxygen atoms in total. The molecule has 4 aromatic heterocycles. The van der Waals surface area contributed by atoms with Gasteiger partial charge in [-0.2, -0.15) is 5.10 Å². The van der Waals surface area contributed by atoms with Gasteiger partial charge < -0.3 is 10.4 Å². The fraction of sp³-hybridized carbons (Fsp3) is 0.222. The molecule has 0 aliphatic heterocycles. The van der Waals surface area contributed by atoms with Crippen molar-refractivity contribution in [2.75, 3.05) is 5.32 Å². The first kappa shape index (κ1) is 17.8. The van der Waals surface area contributed by atoms with Crippen LogP contribution in [-0.4, -0.2) is 36.1 Å². The number of pyridine rings is 1. The minimum Gasteiger partial charge on any atom is -0.372 e. The standard InChI is InChI=1S/C18H18N6OS2/c1-11-17(27-12(2)21-11)15-10-26-18(22-15)23-16(25)9-24-8-14(7-20-24)13-4-3-5-19-6-13/h3-8,10,16,25H,9H2,1-2H3,(H,22,23). The zero-order chi connectivity index (χ0) is 18.8. The highest BCUT2D eigenvalue weighted by Gasteiger charge is 2.14. The van der Waals surface area contributed by atoms with E-state index < -0.39 is 6.23 Å². The van der Waals surface area contributed by atoms with Crippen LogP contribution in [0.25, 0.3) is 21.7 Å². The molecule has 0 aliphatic rings. The van der Waals surface area contributed by atoms with Gasteiger partial charge in [0.1, 0.15) is 6.23 Å². The predicted octanol–water partition coefficient (Wildman–Crippen LogP) is 3.57. The van der Waals surface area contributed by atoms with Crippen molar-refractivity contribution in [1.82, 2.24) is 24.7 Å². The average molecular weight is 399 g/mol. The molecule has 0 aromatic carbocycles. The Morgan fingerprint density at radius 2 is 2.11 bits per heavy atom. The molecule has 0 radical (unpaired) electrons. The second kappa shape index (κ2) is 7.55. The number of aromatic nitrogens is 5. The van der Waals surface area contributed by atoms with E-state index in [2.05, 4.69) is 25.4 Å². The first-order valence-corrected chi connectivity index (χ1v) is 10.1. The molecule has 0 spiro atoms. The monoisotopic (exact) mass is 398 g/mol. The van der Waals surface area contributed by atoms with Crippen molar-refractivity contribution in [1.29, 1.82) is 0 Å². The summed E-state index contributed by atoms with van der Waals surface area (Å²) in [5, 5.41) is 21.3. The lowest BCUT2D eigenvalue weighted by atomic mass is 10.2. The van der Waals surface area contributed by atoms with Gasteiger partial charge in [0.15, 0.2) is 5.13 Å². The normalized spacial score (nSPS) is 12.3. The Balaban J connectivity index is 1.41. The van der Waals surface area contributed by atoms with Gasteiger partial charge in [-0.05, 0) is 19.9 Å². The zero-order valence-electron chi connectivity index (χ0n) is 14.8. The van der Waals surface area contributed by atoms with E-state index in [0.29, 0.717) is 11.7 Å². The van der Waals surface area contributed by atoms with Crippen LogP contribution < -0.4 is 5.32 Å². The Bertz CT molecular complexity index is 1040. The Morgan fingerprint density at radius 3 is 2.85 bits per heavy atom. The second-order valence-corrected chi connectivity index (χ2v) is 8.10. The van der Waals surface area contributed by atoms with Crippen LogP contribution in [0.2, 0.25) is 0 Å². The molecular formula is C18H18N6OS2. The number of thiazole rings is 2. The van der Waals surface area contributed by atoms with Crippen LogP contribution in [0.15, 0.2) is 42.3 Å². The number of aliphatic hydroxyl groups is 1. The Hall–Kier alpha value is -2.62. The maximum Gasteiger partial charge on any atom is 0.185 e. The summed E-state index contributed by atoms with van der Waals surface area (Å²) in [5.74, 6) is 0. The lowest BCUT2D eigenvalue weighted by Gasteiger charge is -2.11. The molecule has 9 heteroatoms. The van der Waals surface area contributed by atoms with Crippen LogP contribution in [0.5, 0.6) is 0 Å². The van der Waals surface area contributed by atoms with E-state index in [1.807, 2.05) is 37.6 Å². The summed E-state index contributed by atoms with van der Waals surface area (Å²) in [7, 11) is 0. The van der Waals surface area contributed by atoms with Gasteiger partial charge in [0, 0.05) is 35.1 Å². The lowest BCUT2D eigenvalue weighted by Crippen LogP contribution is -2.25. The van der Waals surface area contributed by atoms with Crippen molar-refractivity contribution in [2.24, 2.45) is 0 Å². The van der Waals surface area contributed by atoms with E-state index in [1.54, 1.807) is 34.6 Å². The zero-order valence-corrected chi connectivity index (χ0v) is 16.5. The largest absolute Gasteiger partial charge is 0.372 e. The van der Waals surface area contributed by atoms with Crippen molar-refractivity contribution in [3.8, 4) is 21.7 Å². The van der Waals surface area contributed by atoms with E-state index in [9.17, 15) is 5.11 Å². The van der Waals surface area contributed by atoms with E-state index in [1.165, 1.54) is 11.3 Å². The fourth-order valence-electron chi connectivity index (χ4n) is 2.72. The van der Waals surface area contributed by atoms with Crippen LogP contribution in [0, 0.1) is 13.8 Å². The van der Waals surface area contributed by atoms with Crippen LogP contribution in [0.3, 0.4) is 0 Å². The molecule has 2 N–H and O–H groups in total. The van der Waals surface area contributed by atoms with Gasteiger partial charge in [-0.3, -0.25) is 9.67 Å². The summed E-state index contributed by atoms with van der Waals surface area (Å²) in [5.41, 5.74) is 3.82. The third-order valence-electron chi connectivity index (χ3n) is 3.92. The van der Waals surface area contributed by atoms with Gasteiger partial charge >= 0.3 is 0 Å². The number of rotatable bonds is 6. The Kier molecular flexibility index (Phi) is 4.97. The first-order chi connectivity index (χ1) is 13.1. The van der Waals surface area contributed by atoms with Gasteiger partial charge in [-0.15, -0.1) is 22.7 Å². The molecule has 0 fully saturated rings. The predicted molar refractivity (Wildman–Crippen MR) is 108 cm³/mol. The molecule has 0 amide bonds. The number of hydrogen-bond acceptors (Lipinski definition) is 8. The SMILES string of the molecule is Cc1nc(C)c(-c2csc(NC(O)Cn3cc(-c4cccnc4)cn3)n2)s1. The number of anilines is 1. The molecule has 0 saturated heterocycles. The summed E-state index contributed by atoms with van der Waals surface area (Å²) >= 11 is 3.09. The molecule has 4 heterocycles. The highest BCUT2D eigenvalue weighted by Crippen LogP contribution is 2.32. The smallest absolute Gasteiger partial charge is 0.185 e. The third-order valence-corrected chi connectivity index (χ3v) is 5.79. The summed E-state index contributed by atoms with van der Waals surface area (Å²) in [6.07, 6.45) is 6.38. The molecule has 0 aliphatic carbocycles. The van der Waals surface area contributed by atoms with Crippen LogP contribution >= 0.6 is 22.7 Å². The molecule has 1 atom stereocenters. The summed E-state index contributed by atoms with van der Waals surface area (Å²) in [6.45, 7) is 4.28. The number of hydrogen-bond donors (Lipinski definition) is 2. The summed E-state index contributed by atoms with van der Waals surface area (Å²) in [4.78, 5) is 14.2. The highest BCUT2D eigenvalue weighted by molar-refractivity contribution is 7.16. The molecule has 0 bridgehead atoms. The highest BCUT2D eigenvalue weighted by atomic mass is 32.1. The number of aryl methyl sites for hydroxylation is 2. The number of nitrogens with zero attached hydrogens (tertiary/aromatic N) is 5. The average Bonchev–Trinajstić information content (AvgIpc) is 3.36. The molecular weight excluding hydrogens is 380 g/mol. The topological polar surface area (TPSA) is 88.8 Å². The van der Waals surface area contributed by atoms with Gasteiger partial charge in [-0.25, -0.2) is 9.97 Å². The summed E-state index contributed by atoms with van der Waals surface area (Å²) < 4.78 is 1.70. The van der Waals surface area contributed by atoms with Crippen molar-refractivity contribution >= 4 is 27.8 Å². The Labute approximate surface area is 164 Å². The molecule has 27 heavy (non-hydrogen) atoms. The van der Waals surface area contributed by atoms with Gasteiger partial charge in [0.05, 0.1) is 34.0 Å². The molecule has 0 saturated carbocycles. The number of aliphatic hydroxyl groups excluding tert-OH is 1. The maximum absolute atomic E-state index is 10.3. The van der Waals surface area contributed by atoms with Gasteiger partial charge in [0.25, 0.3) is 0 Å². The minimum absolute atomic E-state index is 0.313. The third kappa shape index (κ3) is 4.05. The van der Waals surface area contributed by atoms with Crippen LogP contribution in [0.1, 0.15) is 10.7 Å². The van der Waals surface area contributed by atoms with Crippen LogP contribution in [0.4, 0.5) is 5.13 Å². The van der Waals surface area contributed by atoms with Crippen LogP contribution in [-0.2, 0) is 6.54 Å². The van der Waals surface area contributed by atoms with Crippen molar-refractivity contribution in [3.63, 3.8) is 0 Å². The van der Waals surface area contributed by atoms with Crippen molar-refractivity contribution in [2.45, 2.75) is 26.6 Å². The lowest BCUT2D eigenvalue weighted by molar-refractivity contribution is 0.177. The van der Waals surface area contributed by atoms with E-state index in [0.717, 1.165) is 32.4 Å². The Morgan fingerprint density at radius 1 is 1.22 bits per heavy atom. The summed E-state index contributed by atoms with van der Waals surface area (Å²) in [6, 6.07) is 3.86. The second-order valence-electron chi connectivity index (χ2n) is 6.04. The van der Waals surface area contributed by atoms with Gasteiger partial charge in [-0.1, -0.05) is 6.07 Å². The van der Waals surface area contributed by atoms with E-state index in [4.69, 9.17) is 0 Å². The minimum atomic E-state index is -0.796. The first-order valence-electron chi connectivity index (χ1n) is 8.36.